The van der Waals surface area contributed by atoms with Crippen LogP contribution in [-0.2, 0) is 14.3 Å². The van der Waals surface area contributed by atoms with Gasteiger partial charge in [-0.25, -0.2) is 0 Å². The average molecular weight is 455 g/mol. The van der Waals surface area contributed by atoms with Crippen molar-refractivity contribution in [1.82, 2.24) is 4.90 Å². The highest BCUT2D eigenvalue weighted by Gasteiger charge is 2.31. The van der Waals surface area contributed by atoms with E-state index in [0.29, 0.717) is 53.7 Å². The normalized spacial score (nSPS) is 19.1. The quantitative estimate of drug-likeness (QED) is 0.554. The van der Waals surface area contributed by atoms with Crippen LogP contribution in [0.25, 0.3) is 6.08 Å². The summed E-state index contributed by atoms with van der Waals surface area (Å²) in [7, 11) is 0. The van der Waals surface area contributed by atoms with E-state index in [-0.39, 0.29) is 23.6 Å². The molecule has 0 saturated carbocycles. The molecule has 1 saturated heterocycles. The van der Waals surface area contributed by atoms with Gasteiger partial charge < -0.3 is 19.7 Å². The number of amides is 2. The minimum absolute atomic E-state index is 0.109. The number of hydrogen-bond donors (Lipinski definition) is 1. The van der Waals surface area contributed by atoms with Gasteiger partial charge in [-0.05, 0) is 55.7 Å². The Hall–Kier alpha value is -3.32. The van der Waals surface area contributed by atoms with Crippen molar-refractivity contribution in [3.8, 4) is 5.75 Å². The van der Waals surface area contributed by atoms with Gasteiger partial charge in [0.1, 0.15) is 0 Å². The molecule has 0 spiro atoms. The van der Waals surface area contributed by atoms with Gasteiger partial charge >= 0.3 is 5.97 Å². The molecular weight excluding hydrogens is 432 g/mol. The predicted octanol–water partition coefficient (Wildman–Crippen LogP) is 4.13. The zero-order valence-corrected chi connectivity index (χ0v) is 18.4. The highest BCUT2D eigenvalue weighted by Crippen LogP contribution is 2.33. The summed E-state index contributed by atoms with van der Waals surface area (Å²) >= 11 is 6.17. The van der Waals surface area contributed by atoms with Crippen molar-refractivity contribution < 1.29 is 23.9 Å². The van der Waals surface area contributed by atoms with E-state index in [0.717, 1.165) is 6.42 Å². The zero-order valence-electron chi connectivity index (χ0n) is 17.6. The van der Waals surface area contributed by atoms with Crippen LogP contribution in [0.5, 0.6) is 5.75 Å². The number of benzene rings is 2. The first-order valence-electron chi connectivity index (χ1n) is 10.5. The second kappa shape index (κ2) is 9.44. The summed E-state index contributed by atoms with van der Waals surface area (Å²) < 4.78 is 10.9. The number of fused-ring (bicyclic) bond motifs is 1. The zero-order chi connectivity index (χ0) is 22.7. The number of nitrogens with one attached hydrogen (secondary N) is 1. The predicted molar refractivity (Wildman–Crippen MR) is 120 cm³/mol. The van der Waals surface area contributed by atoms with E-state index in [2.05, 4.69) is 5.32 Å². The number of halogens is 1. The van der Waals surface area contributed by atoms with Crippen LogP contribution in [0, 0.1) is 5.92 Å². The van der Waals surface area contributed by atoms with Crippen LogP contribution in [0.2, 0.25) is 5.02 Å². The van der Waals surface area contributed by atoms with Crippen molar-refractivity contribution in [2.75, 3.05) is 25.0 Å². The van der Waals surface area contributed by atoms with E-state index >= 15 is 0 Å². The van der Waals surface area contributed by atoms with Gasteiger partial charge in [0.2, 0.25) is 0 Å². The highest BCUT2D eigenvalue weighted by molar-refractivity contribution is 6.32. The van der Waals surface area contributed by atoms with E-state index in [4.69, 9.17) is 21.1 Å². The van der Waals surface area contributed by atoms with Crippen molar-refractivity contribution >= 4 is 41.1 Å². The number of hydrogen-bond acceptors (Lipinski definition) is 5. The second-order valence-electron chi connectivity index (χ2n) is 7.64. The summed E-state index contributed by atoms with van der Waals surface area (Å²) in [5.74, 6) is -0.670. The van der Waals surface area contributed by atoms with Crippen LogP contribution in [0.4, 0.5) is 5.69 Å². The Morgan fingerprint density at radius 3 is 2.88 bits per heavy atom. The van der Waals surface area contributed by atoms with E-state index in [1.165, 1.54) is 0 Å². The Morgan fingerprint density at radius 1 is 1.28 bits per heavy atom. The standard InChI is InChI=1S/C24H23ClN2O5/c1-2-31-24(30)17-7-5-11-27(14-17)23(29)16-9-10-20-19(12-16)26-22(28)21(32-20)13-15-6-3-4-8-18(15)25/h3-4,6,8-10,12-13,17H,2,5,7,11,14H2,1H3,(H,26,28)/b21-13-. The summed E-state index contributed by atoms with van der Waals surface area (Å²) in [6, 6.07) is 12.0. The highest BCUT2D eigenvalue weighted by atomic mass is 35.5. The fraction of sp³-hybridized carbons (Fsp3) is 0.292. The molecule has 2 aromatic carbocycles. The van der Waals surface area contributed by atoms with Gasteiger partial charge in [-0.1, -0.05) is 29.8 Å². The lowest BCUT2D eigenvalue weighted by atomic mass is 9.97. The molecule has 1 atom stereocenters. The fourth-order valence-electron chi connectivity index (χ4n) is 3.82. The largest absolute Gasteiger partial charge is 0.466 e. The van der Waals surface area contributed by atoms with Crippen molar-refractivity contribution in [1.29, 1.82) is 0 Å². The first-order chi connectivity index (χ1) is 15.5. The van der Waals surface area contributed by atoms with Crippen LogP contribution in [0.3, 0.4) is 0 Å². The van der Waals surface area contributed by atoms with Gasteiger partial charge in [0.25, 0.3) is 11.8 Å². The molecule has 1 unspecified atom stereocenters. The van der Waals surface area contributed by atoms with Crippen molar-refractivity contribution in [3.63, 3.8) is 0 Å². The van der Waals surface area contributed by atoms with Crippen LogP contribution >= 0.6 is 11.6 Å². The Morgan fingerprint density at radius 2 is 2.09 bits per heavy atom. The van der Waals surface area contributed by atoms with Crippen LogP contribution in [-0.4, -0.2) is 42.4 Å². The summed E-state index contributed by atoms with van der Waals surface area (Å²) in [5.41, 5.74) is 1.49. The SMILES string of the molecule is CCOC(=O)C1CCCN(C(=O)c2ccc3c(c2)NC(=O)/C(=C/c2ccccc2Cl)O3)C1. The van der Waals surface area contributed by atoms with Crippen molar-refractivity contribution in [2.24, 2.45) is 5.92 Å². The average Bonchev–Trinajstić information content (AvgIpc) is 2.80. The number of piperidine rings is 1. The first-order valence-corrected chi connectivity index (χ1v) is 10.9. The number of nitrogens with zero attached hydrogens (tertiary/aromatic N) is 1. The van der Waals surface area contributed by atoms with Gasteiger partial charge in [0, 0.05) is 23.7 Å². The number of rotatable bonds is 4. The van der Waals surface area contributed by atoms with Gasteiger partial charge in [0.05, 0.1) is 18.2 Å². The molecule has 0 aromatic heterocycles. The molecule has 0 radical (unpaired) electrons. The minimum Gasteiger partial charge on any atom is -0.466 e. The number of esters is 1. The molecule has 0 aliphatic carbocycles. The van der Waals surface area contributed by atoms with Crippen molar-refractivity contribution in [2.45, 2.75) is 19.8 Å². The molecule has 0 bridgehead atoms. The van der Waals surface area contributed by atoms with Crippen molar-refractivity contribution in [3.05, 3.63) is 64.4 Å². The molecule has 8 heteroatoms. The lowest BCUT2D eigenvalue weighted by molar-refractivity contribution is -0.149. The fourth-order valence-corrected chi connectivity index (χ4v) is 4.01. The third-order valence-corrected chi connectivity index (χ3v) is 5.78. The smallest absolute Gasteiger partial charge is 0.310 e. The van der Waals surface area contributed by atoms with Gasteiger partial charge in [-0.15, -0.1) is 0 Å². The van der Waals surface area contributed by atoms with Crippen LogP contribution < -0.4 is 10.1 Å². The molecule has 2 aromatic rings. The molecule has 2 heterocycles. The van der Waals surface area contributed by atoms with Gasteiger partial charge in [0.15, 0.2) is 11.5 Å². The molecule has 32 heavy (non-hydrogen) atoms. The molecule has 7 nitrogen and oxygen atoms in total. The maximum absolute atomic E-state index is 13.0. The third-order valence-electron chi connectivity index (χ3n) is 5.44. The molecule has 4 rings (SSSR count). The number of ether oxygens (including phenoxy) is 2. The topological polar surface area (TPSA) is 84.9 Å². The molecule has 2 amide bonds. The van der Waals surface area contributed by atoms with E-state index in [1.807, 2.05) is 6.07 Å². The summed E-state index contributed by atoms with van der Waals surface area (Å²) in [4.78, 5) is 39.3. The Labute approximate surface area is 190 Å². The Kier molecular flexibility index (Phi) is 6.46. The molecule has 2 aliphatic rings. The number of carbonyl (C=O) groups is 3. The molecule has 166 valence electrons. The minimum atomic E-state index is -0.428. The third kappa shape index (κ3) is 4.62. The van der Waals surface area contributed by atoms with Crippen LogP contribution in [0.15, 0.2) is 48.2 Å². The molecular formula is C24H23ClN2O5. The van der Waals surface area contributed by atoms with E-state index in [9.17, 15) is 14.4 Å². The van der Waals surface area contributed by atoms with Crippen LogP contribution in [0.1, 0.15) is 35.7 Å². The summed E-state index contributed by atoms with van der Waals surface area (Å²) in [6.45, 7) is 2.98. The second-order valence-corrected chi connectivity index (χ2v) is 8.05. The maximum atomic E-state index is 13.0. The number of likely N-dealkylation sites (tertiary alicyclic amines) is 1. The monoisotopic (exact) mass is 454 g/mol. The van der Waals surface area contributed by atoms with Gasteiger partial charge in [-0.3, -0.25) is 14.4 Å². The first kappa shape index (κ1) is 21.9. The number of anilines is 1. The molecule has 2 aliphatic heterocycles. The molecule has 1 fully saturated rings. The van der Waals surface area contributed by atoms with E-state index < -0.39 is 5.91 Å². The van der Waals surface area contributed by atoms with E-state index in [1.54, 1.807) is 54.3 Å². The Bertz CT molecular complexity index is 1100. The summed E-state index contributed by atoms with van der Waals surface area (Å²) in [6.07, 6.45) is 3.01. The summed E-state index contributed by atoms with van der Waals surface area (Å²) in [5, 5.41) is 3.28. The molecule has 1 N–H and O–H groups in total. The number of carbonyl (C=O) groups excluding carboxylic acids is 3. The lowest BCUT2D eigenvalue weighted by Gasteiger charge is -2.32. The Balaban J connectivity index is 1.51. The maximum Gasteiger partial charge on any atom is 0.310 e. The lowest BCUT2D eigenvalue weighted by Crippen LogP contribution is -2.42. The van der Waals surface area contributed by atoms with Gasteiger partial charge in [-0.2, -0.15) is 0 Å².